The summed E-state index contributed by atoms with van der Waals surface area (Å²) in [6.45, 7) is 1.90. The highest BCUT2D eigenvalue weighted by Crippen LogP contribution is 2.34. The van der Waals surface area contributed by atoms with Crippen LogP contribution in [0.25, 0.3) is 0 Å². The number of guanidine groups is 1. The lowest BCUT2D eigenvalue weighted by Gasteiger charge is -2.25. The molecule has 1 aliphatic rings. The number of nitrogens with zero attached hydrogens (tertiary/aromatic N) is 2. The summed E-state index contributed by atoms with van der Waals surface area (Å²) in [5, 5.41) is 8.97. The topological polar surface area (TPSA) is 39.7 Å². The van der Waals surface area contributed by atoms with Gasteiger partial charge in [0.05, 0.1) is 0 Å². The van der Waals surface area contributed by atoms with Crippen LogP contribution in [0.15, 0.2) is 22.5 Å². The average Bonchev–Trinajstić information content (AvgIpc) is 3.12. The maximum atomic E-state index is 4.30. The molecule has 0 aromatic carbocycles. The average molecular weight is 422 g/mol. The fraction of sp³-hybridized carbons (Fsp3) is 0.667. The molecule has 2 rings (SSSR count). The number of halogens is 1. The fourth-order valence-corrected chi connectivity index (χ4v) is 3.14. The molecule has 0 bridgehead atoms. The van der Waals surface area contributed by atoms with Gasteiger partial charge in [0.15, 0.2) is 5.96 Å². The molecule has 1 aliphatic carbocycles. The minimum absolute atomic E-state index is 0. The van der Waals surface area contributed by atoms with Crippen LogP contribution in [0.3, 0.4) is 0 Å². The third-order valence-electron chi connectivity index (χ3n) is 3.78. The number of thiophene rings is 1. The molecule has 6 heteroatoms. The fourth-order valence-electron chi connectivity index (χ4n) is 2.43. The standard InChI is InChI=1S/C15H26N4S.HI/c1-16-15(17-9-8-13-5-4-10-20-13)18-11-14(19(2)3)12-6-7-12;/h4-5,10,12,14H,6-9,11H2,1-3H3,(H2,16,17,18);1H. The van der Waals surface area contributed by atoms with E-state index in [-0.39, 0.29) is 24.0 Å². The number of hydrogen-bond donors (Lipinski definition) is 2. The Morgan fingerprint density at radius 1 is 1.43 bits per heavy atom. The summed E-state index contributed by atoms with van der Waals surface area (Å²) in [7, 11) is 6.16. The van der Waals surface area contributed by atoms with E-state index in [9.17, 15) is 0 Å². The molecule has 120 valence electrons. The summed E-state index contributed by atoms with van der Waals surface area (Å²) >= 11 is 1.81. The first-order valence-corrected chi connectivity index (χ1v) is 8.22. The molecule has 21 heavy (non-hydrogen) atoms. The number of rotatable bonds is 7. The predicted molar refractivity (Wildman–Crippen MR) is 103 cm³/mol. The van der Waals surface area contributed by atoms with Crippen molar-refractivity contribution in [2.45, 2.75) is 25.3 Å². The zero-order valence-electron chi connectivity index (χ0n) is 13.1. The first kappa shape index (κ1) is 18.7. The molecule has 1 fully saturated rings. The summed E-state index contributed by atoms with van der Waals surface area (Å²) in [5.41, 5.74) is 0. The molecular weight excluding hydrogens is 395 g/mol. The normalized spacial score (nSPS) is 16.5. The van der Waals surface area contributed by atoms with Gasteiger partial charge in [0.2, 0.25) is 0 Å². The van der Waals surface area contributed by atoms with Crippen LogP contribution in [0.2, 0.25) is 0 Å². The van der Waals surface area contributed by atoms with Gasteiger partial charge in [-0.3, -0.25) is 4.99 Å². The van der Waals surface area contributed by atoms with E-state index in [1.54, 1.807) is 0 Å². The lowest BCUT2D eigenvalue weighted by molar-refractivity contribution is 0.264. The van der Waals surface area contributed by atoms with Gasteiger partial charge in [-0.15, -0.1) is 35.3 Å². The number of hydrogen-bond acceptors (Lipinski definition) is 3. The smallest absolute Gasteiger partial charge is 0.191 e. The summed E-state index contributed by atoms with van der Waals surface area (Å²) in [5.74, 6) is 1.77. The van der Waals surface area contributed by atoms with Crippen LogP contribution >= 0.6 is 35.3 Å². The Bertz CT molecular complexity index is 413. The van der Waals surface area contributed by atoms with Crippen LogP contribution in [-0.2, 0) is 6.42 Å². The molecule has 0 amide bonds. The van der Waals surface area contributed by atoms with Crippen molar-refractivity contribution in [2.75, 3.05) is 34.2 Å². The Morgan fingerprint density at radius 2 is 2.19 bits per heavy atom. The van der Waals surface area contributed by atoms with Gasteiger partial charge in [0.25, 0.3) is 0 Å². The van der Waals surface area contributed by atoms with Crippen LogP contribution < -0.4 is 10.6 Å². The van der Waals surface area contributed by atoms with Crippen molar-refractivity contribution in [2.24, 2.45) is 10.9 Å². The molecule has 1 heterocycles. The highest BCUT2D eigenvalue weighted by molar-refractivity contribution is 14.0. The second-order valence-electron chi connectivity index (χ2n) is 5.58. The van der Waals surface area contributed by atoms with E-state index in [0.717, 1.165) is 31.4 Å². The zero-order valence-corrected chi connectivity index (χ0v) is 16.3. The first-order chi connectivity index (χ1) is 9.70. The summed E-state index contributed by atoms with van der Waals surface area (Å²) in [6.07, 6.45) is 3.79. The predicted octanol–water partition coefficient (Wildman–Crippen LogP) is 2.41. The van der Waals surface area contributed by atoms with Crippen molar-refractivity contribution in [1.82, 2.24) is 15.5 Å². The van der Waals surface area contributed by atoms with E-state index in [1.807, 2.05) is 18.4 Å². The minimum atomic E-state index is 0. The molecule has 1 aromatic heterocycles. The van der Waals surface area contributed by atoms with E-state index < -0.39 is 0 Å². The summed E-state index contributed by atoms with van der Waals surface area (Å²) in [6, 6.07) is 4.90. The van der Waals surface area contributed by atoms with Crippen LogP contribution in [-0.4, -0.2) is 51.1 Å². The molecule has 1 unspecified atom stereocenters. The summed E-state index contributed by atoms with van der Waals surface area (Å²) < 4.78 is 0. The Kier molecular flexibility index (Phi) is 8.58. The van der Waals surface area contributed by atoms with Gasteiger partial charge in [-0.2, -0.15) is 0 Å². The van der Waals surface area contributed by atoms with Gasteiger partial charge in [-0.1, -0.05) is 6.07 Å². The zero-order chi connectivity index (χ0) is 14.4. The lowest BCUT2D eigenvalue weighted by atomic mass is 10.1. The first-order valence-electron chi connectivity index (χ1n) is 7.34. The van der Waals surface area contributed by atoms with E-state index in [2.05, 4.69) is 52.1 Å². The molecule has 1 atom stereocenters. The van der Waals surface area contributed by atoms with Crippen molar-refractivity contribution in [3.8, 4) is 0 Å². The Labute approximate surface area is 149 Å². The SMILES string of the molecule is CN=C(NCCc1cccs1)NCC(C1CC1)N(C)C.I. The van der Waals surface area contributed by atoms with Gasteiger partial charge in [0, 0.05) is 31.1 Å². The van der Waals surface area contributed by atoms with Crippen LogP contribution in [0.5, 0.6) is 0 Å². The second-order valence-corrected chi connectivity index (χ2v) is 6.61. The molecule has 4 nitrogen and oxygen atoms in total. The third-order valence-corrected chi connectivity index (χ3v) is 4.71. The molecule has 1 saturated carbocycles. The largest absolute Gasteiger partial charge is 0.356 e. The van der Waals surface area contributed by atoms with Crippen molar-refractivity contribution in [3.63, 3.8) is 0 Å². The molecule has 0 radical (unpaired) electrons. The molecule has 0 saturated heterocycles. The molecular formula is C15H27IN4S. The molecule has 0 spiro atoms. The highest BCUT2D eigenvalue weighted by Gasteiger charge is 2.32. The maximum absolute atomic E-state index is 4.30. The monoisotopic (exact) mass is 422 g/mol. The Hall–Kier alpha value is -0.340. The van der Waals surface area contributed by atoms with Crippen LogP contribution in [0.4, 0.5) is 0 Å². The van der Waals surface area contributed by atoms with Crippen molar-refractivity contribution in [1.29, 1.82) is 0 Å². The second kappa shape index (κ2) is 9.63. The molecule has 1 aromatic rings. The molecule has 2 N–H and O–H groups in total. The van der Waals surface area contributed by atoms with E-state index in [4.69, 9.17) is 0 Å². The van der Waals surface area contributed by atoms with Gasteiger partial charge in [-0.05, 0) is 50.7 Å². The maximum Gasteiger partial charge on any atom is 0.191 e. The van der Waals surface area contributed by atoms with Crippen molar-refractivity contribution >= 4 is 41.3 Å². The van der Waals surface area contributed by atoms with Crippen LogP contribution in [0, 0.1) is 5.92 Å². The van der Waals surface area contributed by atoms with Crippen molar-refractivity contribution in [3.05, 3.63) is 22.4 Å². The Balaban J connectivity index is 0.00000220. The quantitative estimate of drug-likeness (QED) is 0.403. The number of aliphatic imine (C=N–C) groups is 1. The van der Waals surface area contributed by atoms with E-state index in [0.29, 0.717) is 6.04 Å². The molecule has 0 aliphatic heterocycles. The van der Waals surface area contributed by atoms with Gasteiger partial charge < -0.3 is 15.5 Å². The lowest BCUT2D eigenvalue weighted by Crippen LogP contribution is -2.46. The third kappa shape index (κ3) is 6.52. The number of nitrogens with one attached hydrogen (secondary N) is 2. The van der Waals surface area contributed by atoms with Gasteiger partial charge in [0.1, 0.15) is 0 Å². The van der Waals surface area contributed by atoms with Gasteiger partial charge >= 0.3 is 0 Å². The van der Waals surface area contributed by atoms with Crippen LogP contribution in [0.1, 0.15) is 17.7 Å². The highest BCUT2D eigenvalue weighted by atomic mass is 127. The minimum Gasteiger partial charge on any atom is -0.356 e. The Morgan fingerprint density at radius 3 is 2.71 bits per heavy atom. The van der Waals surface area contributed by atoms with Crippen molar-refractivity contribution < 1.29 is 0 Å². The van der Waals surface area contributed by atoms with Gasteiger partial charge in [-0.25, -0.2) is 0 Å². The van der Waals surface area contributed by atoms with E-state index in [1.165, 1.54) is 17.7 Å². The van der Waals surface area contributed by atoms with E-state index >= 15 is 0 Å². The number of likely N-dealkylation sites (N-methyl/N-ethyl adjacent to an activating group) is 1. The summed E-state index contributed by atoms with van der Waals surface area (Å²) in [4.78, 5) is 8.03.